The fraction of sp³-hybridized carbons (Fsp3) is 0.385. The number of hydrogen-bond acceptors (Lipinski definition) is 5. The molecule has 0 aliphatic carbocycles. The van der Waals surface area contributed by atoms with Gasteiger partial charge in [0.05, 0.1) is 6.54 Å². The number of benzene rings is 1. The van der Waals surface area contributed by atoms with Gasteiger partial charge in [0.15, 0.2) is 5.82 Å². The van der Waals surface area contributed by atoms with Gasteiger partial charge in [-0.15, -0.1) is 0 Å². The van der Waals surface area contributed by atoms with Crippen LogP contribution in [0.5, 0.6) is 0 Å². The summed E-state index contributed by atoms with van der Waals surface area (Å²) in [5.74, 6) is 1.30. The third-order valence-electron chi connectivity index (χ3n) is 3.16. The van der Waals surface area contributed by atoms with E-state index < -0.39 is 0 Å². The van der Waals surface area contributed by atoms with Crippen molar-refractivity contribution in [3.05, 3.63) is 36.2 Å². The van der Waals surface area contributed by atoms with E-state index in [0.29, 0.717) is 12.4 Å². The van der Waals surface area contributed by atoms with Gasteiger partial charge in [-0.2, -0.15) is 4.98 Å². The van der Waals surface area contributed by atoms with Crippen LogP contribution in [0, 0.1) is 0 Å². The minimum atomic E-state index is 0.283. The Kier molecular flexibility index (Phi) is 3.08. The maximum Gasteiger partial charge on any atom is 0.257 e. The molecule has 3 rings (SSSR count). The second kappa shape index (κ2) is 4.88. The molecule has 1 aromatic carbocycles. The molecule has 5 heteroatoms. The first kappa shape index (κ1) is 11.4. The number of rotatable bonds is 3. The second-order valence-corrected chi connectivity index (χ2v) is 4.67. The highest BCUT2D eigenvalue weighted by Crippen LogP contribution is 2.17. The molecule has 0 spiro atoms. The summed E-state index contributed by atoms with van der Waals surface area (Å²) in [6, 6.07) is 10.1. The van der Waals surface area contributed by atoms with E-state index in [-0.39, 0.29) is 6.04 Å². The van der Waals surface area contributed by atoms with Crippen LogP contribution in [0.15, 0.2) is 34.9 Å². The minimum absolute atomic E-state index is 0.283. The zero-order valence-corrected chi connectivity index (χ0v) is 10.1. The number of likely N-dealkylation sites (tertiary alicyclic amines) is 1. The van der Waals surface area contributed by atoms with E-state index in [1.165, 1.54) is 0 Å². The average molecular weight is 244 g/mol. The molecule has 1 saturated heterocycles. The lowest BCUT2D eigenvalue weighted by Gasteiger charge is -2.11. The molecule has 0 unspecified atom stereocenters. The second-order valence-electron chi connectivity index (χ2n) is 4.67. The van der Waals surface area contributed by atoms with Crippen molar-refractivity contribution >= 4 is 0 Å². The Morgan fingerprint density at radius 3 is 2.89 bits per heavy atom. The highest BCUT2D eigenvalue weighted by atomic mass is 16.5. The largest absolute Gasteiger partial charge is 0.334 e. The molecule has 1 aliphatic rings. The quantitative estimate of drug-likeness (QED) is 0.880. The van der Waals surface area contributed by atoms with Gasteiger partial charge in [-0.05, 0) is 18.6 Å². The smallest absolute Gasteiger partial charge is 0.257 e. The zero-order valence-electron chi connectivity index (χ0n) is 10.1. The van der Waals surface area contributed by atoms with Gasteiger partial charge in [0.2, 0.25) is 0 Å². The fourth-order valence-electron chi connectivity index (χ4n) is 2.22. The van der Waals surface area contributed by atoms with Crippen LogP contribution >= 0.6 is 0 Å². The summed E-state index contributed by atoms with van der Waals surface area (Å²) in [7, 11) is 0. The van der Waals surface area contributed by atoms with Crippen LogP contribution in [0.4, 0.5) is 0 Å². The fourth-order valence-corrected chi connectivity index (χ4v) is 2.22. The van der Waals surface area contributed by atoms with Crippen molar-refractivity contribution in [3.8, 4) is 11.5 Å². The van der Waals surface area contributed by atoms with Crippen molar-refractivity contribution in [2.45, 2.75) is 19.0 Å². The maximum absolute atomic E-state index is 5.87. The summed E-state index contributed by atoms with van der Waals surface area (Å²) in [5, 5.41) is 4.01. The molecule has 0 saturated carbocycles. The molecular weight excluding hydrogens is 228 g/mol. The van der Waals surface area contributed by atoms with Crippen molar-refractivity contribution in [2.24, 2.45) is 5.73 Å². The Balaban J connectivity index is 1.70. The van der Waals surface area contributed by atoms with Crippen LogP contribution in [0.3, 0.4) is 0 Å². The lowest BCUT2D eigenvalue weighted by Crippen LogP contribution is -2.26. The third kappa shape index (κ3) is 2.42. The number of hydrogen-bond donors (Lipinski definition) is 1. The van der Waals surface area contributed by atoms with E-state index >= 15 is 0 Å². The molecular formula is C13H16N4O. The van der Waals surface area contributed by atoms with Gasteiger partial charge < -0.3 is 10.3 Å². The summed E-state index contributed by atoms with van der Waals surface area (Å²) in [6.07, 6.45) is 1.05. The van der Waals surface area contributed by atoms with Gasteiger partial charge in [-0.1, -0.05) is 23.4 Å². The van der Waals surface area contributed by atoms with Crippen LogP contribution < -0.4 is 5.73 Å². The van der Waals surface area contributed by atoms with Gasteiger partial charge in [0, 0.05) is 24.7 Å². The molecule has 18 heavy (non-hydrogen) atoms. The standard InChI is InChI=1S/C13H16N4O/c14-11-6-7-17(8-11)9-12-15-13(18-16-12)10-4-2-1-3-5-10/h1-5,11H,6-9,14H2/t11-/m0/s1. The molecule has 1 fully saturated rings. The molecule has 0 bridgehead atoms. The van der Waals surface area contributed by atoms with Crippen LogP contribution in [-0.2, 0) is 6.54 Å². The first-order valence-corrected chi connectivity index (χ1v) is 6.17. The topological polar surface area (TPSA) is 68.2 Å². The molecule has 2 heterocycles. The highest BCUT2D eigenvalue weighted by Gasteiger charge is 2.20. The van der Waals surface area contributed by atoms with Gasteiger partial charge in [-0.3, -0.25) is 4.90 Å². The van der Waals surface area contributed by atoms with E-state index in [1.807, 2.05) is 30.3 Å². The monoisotopic (exact) mass is 244 g/mol. The number of nitrogens with zero attached hydrogens (tertiary/aromatic N) is 3. The first-order valence-electron chi connectivity index (χ1n) is 6.17. The van der Waals surface area contributed by atoms with Crippen LogP contribution in [0.1, 0.15) is 12.2 Å². The molecule has 1 atom stereocenters. The maximum atomic E-state index is 5.87. The van der Waals surface area contributed by atoms with Gasteiger partial charge >= 0.3 is 0 Å². The van der Waals surface area contributed by atoms with Crippen LogP contribution in [-0.4, -0.2) is 34.2 Å². The summed E-state index contributed by atoms with van der Waals surface area (Å²) >= 11 is 0. The van der Waals surface area contributed by atoms with Crippen molar-refractivity contribution in [3.63, 3.8) is 0 Å². The summed E-state index contributed by atoms with van der Waals surface area (Å²) in [6.45, 7) is 2.63. The SMILES string of the molecule is N[C@H]1CCN(Cc2noc(-c3ccccc3)n2)C1. The highest BCUT2D eigenvalue weighted by molar-refractivity contribution is 5.51. The lowest BCUT2D eigenvalue weighted by atomic mass is 10.2. The van der Waals surface area contributed by atoms with Crippen LogP contribution in [0.25, 0.3) is 11.5 Å². The lowest BCUT2D eigenvalue weighted by molar-refractivity contribution is 0.309. The van der Waals surface area contributed by atoms with E-state index in [4.69, 9.17) is 10.3 Å². The van der Waals surface area contributed by atoms with Gasteiger partial charge in [0.1, 0.15) is 0 Å². The predicted octanol–water partition coefficient (Wildman–Crippen LogP) is 1.27. The van der Waals surface area contributed by atoms with Crippen LogP contribution in [0.2, 0.25) is 0 Å². The third-order valence-corrected chi connectivity index (χ3v) is 3.16. The molecule has 1 aromatic heterocycles. The normalized spacial score (nSPS) is 20.4. The van der Waals surface area contributed by atoms with E-state index in [2.05, 4.69) is 15.0 Å². The predicted molar refractivity (Wildman–Crippen MR) is 67.6 cm³/mol. The molecule has 0 amide bonds. The molecule has 1 aliphatic heterocycles. The Labute approximate surface area is 106 Å². The van der Waals surface area contributed by atoms with Crippen molar-refractivity contribution < 1.29 is 4.52 Å². The molecule has 2 N–H and O–H groups in total. The molecule has 2 aromatic rings. The minimum Gasteiger partial charge on any atom is -0.334 e. The van der Waals surface area contributed by atoms with E-state index in [9.17, 15) is 0 Å². The molecule has 94 valence electrons. The van der Waals surface area contributed by atoms with E-state index in [1.54, 1.807) is 0 Å². The number of aromatic nitrogens is 2. The Morgan fingerprint density at radius 2 is 2.17 bits per heavy atom. The van der Waals surface area contributed by atoms with E-state index in [0.717, 1.165) is 30.9 Å². The molecule has 5 nitrogen and oxygen atoms in total. The van der Waals surface area contributed by atoms with Crippen molar-refractivity contribution in [2.75, 3.05) is 13.1 Å². The molecule has 0 radical (unpaired) electrons. The Hall–Kier alpha value is -1.72. The zero-order chi connectivity index (χ0) is 12.4. The van der Waals surface area contributed by atoms with Gasteiger partial charge in [-0.25, -0.2) is 0 Å². The first-order chi connectivity index (χ1) is 8.81. The number of nitrogens with two attached hydrogens (primary N) is 1. The summed E-state index contributed by atoms with van der Waals surface area (Å²) in [5.41, 5.74) is 6.82. The summed E-state index contributed by atoms with van der Waals surface area (Å²) in [4.78, 5) is 6.66. The van der Waals surface area contributed by atoms with Gasteiger partial charge in [0.25, 0.3) is 5.89 Å². The van der Waals surface area contributed by atoms with Crippen molar-refractivity contribution in [1.82, 2.24) is 15.0 Å². The Morgan fingerprint density at radius 1 is 1.33 bits per heavy atom. The Bertz CT molecular complexity index is 511. The van der Waals surface area contributed by atoms with Crippen molar-refractivity contribution in [1.29, 1.82) is 0 Å². The summed E-state index contributed by atoms with van der Waals surface area (Å²) < 4.78 is 5.27. The average Bonchev–Trinajstić information content (AvgIpc) is 3.01.